The largest absolute Gasteiger partial charge is 0.490 e. The normalized spacial score (nSPS) is 10.7. The summed E-state index contributed by atoms with van der Waals surface area (Å²) in [5, 5.41) is 12.2. The second-order valence-electron chi connectivity index (χ2n) is 7.61. The van der Waals surface area contributed by atoms with E-state index in [2.05, 4.69) is 16.1 Å². The molecule has 0 atom stereocenters. The van der Waals surface area contributed by atoms with Crippen LogP contribution in [0.2, 0.25) is 0 Å². The molecular formula is C28H26N2O5. The van der Waals surface area contributed by atoms with Gasteiger partial charge in [0.15, 0.2) is 11.5 Å². The minimum Gasteiger partial charge on any atom is -0.490 e. The number of ether oxygens (including phenoxy) is 3. The average molecular weight is 471 g/mol. The standard InChI is InChI=1S/C28H26N2O5/c1-4-34-26-16-20(8-13-25(26)35-18-21-7-5-6-19(2)14-21)15-23(17-29)27(31)30-24-11-9-22(10-12-24)28(32)33-3/h5-16H,4,18H2,1-3H3,(H,30,31)/b23-15+. The van der Waals surface area contributed by atoms with Crippen LogP contribution in [0.15, 0.2) is 72.3 Å². The lowest BCUT2D eigenvalue weighted by molar-refractivity contribution is -0.112. The Hall–Kier alpha value is -4.57. The molecule has 0 aliphatic carbocycles. The predicted molar refractivity (Wildman–Crippen MR) is 133 cm³/mol. The highest BCUT2D eigenvalue weighted by Gasteiger charge is 2.13. The van der Waals surface area contributed by atoms with Gasteiger partial charge in [-0.05, 0) is 67.4 Å². The van der Waals surface area contributed by atoms with Crippen LogP contribution in [0.5, 0.6) is 11.5 Å². The van der Waals surface area contributed by atoms with E-state index in [1.54, 1.807) is 30.3 Å². The fourth-order valence-electron chi connectivity index (χ4n) is 3.29. The van der Waals surface area contributed by atoms with Crippen molar-refractivity contribution in [2.24, 2.45) is 0 Å². The summed E-state index contributed by atoms with van der Waals surface area (Å²) >= 11 is 0. The summed E-state index contributed by atoms with van der Waals surface area (Å²) in [6, 6.07) is 21.4. The van der Waals surface area contributed by atoms with Gasteiger partial charge in [-0.1, -0.05) is 35.9 Å². The Kier molecular flexibility index (Phi) is 8.63. The smallest absolute Gasteiger partial charge is 0.337 e. The molecule has 0 radical (unpaired) electrons. The Balaban J connectivity index is 1.75. The maximum atomic E-state index is 12.6. The minimum absolute atomic E-state index is 0.0853. The quantitative estimate of drug-likeness (QED) is 0.259. The number of nitrogens with one attached hydrogen (secondary N) is 1. The van der Waals surface area contributed by atoms with Crippen molar-refractivity contribution in [2.75, 3.05) is 19.0 Å². The van der Waals surface area contributed by atoms with Crippen LogP contribution in [0.4, 0.5) is 5.69 Å². The zero-order chi connectivity index (χ0) is 25.2. The molecule has 7 heteroatoms. The van der Waals surface area contributed by atoms with Crippen molar-refractivity contribution in [2.45, 2.75) is 20.5 Å². The molecule has 0 fully saturated rings. The van der Waals surface area contributed by atoms with Crippen molar-refractivity contribution in [1.29, 1.82) is 5.26 Å². The van der Waals surface area contributed by atoms with Gasteiger partial charge in [-0.2, -0.15) is 5.26 Å². The van der Waals surface area contributed by atoms with E-state index in [0.29, 0.717) is 41.5 Å². The van der Waals surface area contributed by atoms with Crippen LogP contribution in [-0.4, -0.2) is 25.6 Å². The molecule has 3 aromatic rings. The number of aryl methyl sites for hydroxylation is 1. The third-order valence-corrected chi connectivity index (χ3v) is 4.98. The molecule has 178 valence electrons. The lowest BCUT2D eigenvalue weighted by Gasteiger charge is -2.13. The van der Waals surface area contributed by atoms with E-state index in [4.69, 9.17) is 9.47 Å². The van der Waals surface area contributed by atoms with E-state index in [1.165, 1.54) is 25.3 Å². The monoisotopic (exact) mass is 470 g/mol. The first kappa shape index (κ1) is 25.1. The van der Waals surface area contributed by atoms with Crippen LogP contribution in [0.1, 0.15) is 34.0 Å². The molecule has 0 aromatic heterocycles. The Bertz CT molecular complexity index is 1270. The number of benzene rings is 3. The lowest BCUT2D eigenvalue weighted by atomic mass is 10.1. The molecule has 0 saturated carbocycles. The summed E-state index contributed by atoms with van der Waals surface area (Å²) in [7, 11) is 1.29. The molecule has 0 heterocycles. The van der Waals surface area contributed by atoms with E-state index >= 15 is 0 Å². The molecule has 0 spiro atoms. The Morgan fingerprint density at radius 3 is 2.43 bits per heavy atom. The van der Waals surface area contributed by atoms with Crippen LogP contribution in [0.3, 0.4) is 0 Å². The highest BCUT2D eigenvalue weighted by Crippen LogP contribution is 2.30. The number of hydrogen-bond acceptors (Lipinski definition) is 6. The van der Waals surface area contributed by atoms with Gasteiger partial charge in [-0.3, -0.25) is 4.79 Å². The number of nitrogens with zero attached hydrogens (tertiary/aromatic N) is 1. The molecule has 0 aliphatic heterocycles. The number of amides is 1. The first-order chi connectivity index (χ1) is 16.9. The van der Waals surface area contributed by atoms with Gasteiger partial charge in [0.05, 0.1) is 19.3 Å². The molecule has 0 saturated heterocycles. The first-order valence-corrected chi connectivity index (χ1v) is 11.0. The average Bonchev–Trinajstić information content (AvgIpc) is 2.87. The van der Waals surface area contributed by atoms with Gasteiger partial charge in [-0.25, -0.2) is 4.79 Å². The Morgan fingerprint density at radius 2 is 1.77 bits per heavy atom. The molecule has 35 heavy (non-hydrogen) atoms. The third kappa shape index (κ3) is 6.95. The molecule has 3 aromatic carbocycles. The summed E-state index contributed by atoms with van der Waals surface area (Å²) in [6.45, 7) is 4.71. The van der Waals surface area contributed by atoms with Crippen LogP contribution < -0.4 is 14.8 Å². The van der Waals surface area contributed by atoms with Crippen molar-refractivity contribution in [3.63, 3.8) is 0 Å². The molecule has 0 unspecified atom stereocenters. The van der Waals surface area contributed by atoms with Crippen LogP contribution in [0.25, 0.3) is 6.08 Å². The SMILES string of the molecule is CCOc1cc(/C=C(\C#N)C(=O)Nc2ccc(C(=O)OC)cc2)ccc1OCc1cccc(C)c1. The summed E-state index contributed by atoms with van der Waals surface area (Å²) in [5.74, 6) is 0.0390. The number of carbonyl (C=O) groups excluding carboxylic acids is 2. The first-order valence-electron chi connectivity index (χ1n) is 11.0. The second kappa shape index (κ2) is 12.1. The Labute approximate surface area is 204 Å². The van der Waals surface area contributed by atoms with Gasteiger partial charge in [0, 0.05) is 5.69 Å². The highest BCUT2D eigenvalue weighted by atomic mass is 16.5. The van der Waals surface area contributed by atoms with Gasteiger partial charge >= 0.3 is 5.97 Å². The maximum absolute atomic E-state index is 12.6. The van der Waals surface area contributed by atoms with E-state index in [9.17, 15) is 14.9 Å². The van der Waals surface area contributed by atoms with E-state index in [1.807, 2.05) is 38.1 Å². The molecule has 1 amide bonds. The summed E-state index contributed by atoms with van der Waals surface area (Å²) < 4.78 is 16.3. The molecule has 0 bridgehead atoms. The molecular weight excluding hydrogens is 444 g/mol. The van der Waals surface area contributed by atoms with E-state index < -0.39 is 11.9 Å². The number of methoxy groups -OCH3 is 1. The lowest BCUT2D eigenvalue weighted by Crippen LogP contribution is -2.13. The number of nitriles is 1. The molecule has 3 rings (SSSR count). The van der Waals surface area contributed by atoms with Crippen molar-refractivity contribution in [3.8, 4) is 17.6 Å². The molecule has 0 aliphatic rings. The molecule has 1 N–H and O–H groups in total. The van der Waals surface area contributed by atoms with Crippen molar-refractivity contribution >= 4 is 23.6 Å². The van der Waals surface area contributed by atoms with Gasteiger partial charge < -0.3 is 19.5 Å². The fourth-order valence-corrected chi connectivity index (χ4v) is 3.29. The van der Waals surface area contributed by atoms with Gasteiger partial charge in [0.2, 0.25) is 0 Å². The van der Waals surface area contributed by atoms with Gasteiger partial charge in [0.1, 0.15) is 18.2 Å². The summed E-state index contributed by atoms with van der Waals surface area (Å²) in [6.07, 6.45) is 1.48. The van der Waals surface area contributed by atoms with Crippen molar-refractivity contribution in [3.05, 3.63) is 94.6 Å². The van der Waals surface area contributed by atoms with E-state index in [-0.39, 0.29) is 5.57 Å². The fraction of sp³-hybridized carbons (Fsp3) is 0.179. The van der Waals surface area contributed by atoms with Crippen LogP contribution in [0, 0.1) is 18.3 Å². The highest BCUT2D eigenvalue weighted by molar-refractivity contribution is 6.09. The number of anilines is 1. The van der Waals surface area contributed by atoms with Gasteiger partial charge in [0.25, 0.3) is 5.91 Å². The van der Waals surface area contributed by atoms with Crippen LogP contribution in [-0.2, 0) is 16.1 Å². The van der Waals surface area contributed by atoms with E-state index in [0.717, 1.165) is 11.1 Å². The zero-order valence-electron chi connectivity index (χ0n) is 19.8. The van der Waals surface area contributed by atoms with Gasteiger partial charge in [-0.15, -0.1) is 0 Å². The second-order valence-corrected chi connectivity index (χ2v) is 7.61. The minimum atomic E-state index is -0.573. The topological polar surface area (TPSA) is 97.7 Å². The summed E-state index contributed by atoms with van der Waals surface area (Å²) in [4.78, 5) is 24.2. The number of carbonyl (C=O) groups is 2. The third-order valence-electron chi connectivity index (χ3n) is 4.98. The maximum Gasteiger partial charge on any atom is 0.337 e. The predicted octanol–water partition coefficient (Wildman–Crippen LogP) is 5.31. The van der Waals surface area contributed by atoms with Crippen molar-refractivity contribution < 1.29 is 23.8 Å². The number of rotatable bonds is 9. The van der Waals surface area contributed by atoms with Crippen LogP contribution >= 0.6 is 0 Å². The van der Waals surface area contributed by atoms with Crippen molar-refractivity contribution in [1.82, 2.24) is 0 Å². The Morgan fingerprint density at radius 1 is 1.00 bits per heavy atom. The summed E-state index contributed by atoms with van der Waals surface area (Å²) in [5.41, 5.74) is 3.52. The zero-order valence-corrected chi connectivity index (χ0v) is 19.8. The number of esters is 1. The molecule has 7 nitrogen and oxygen atoms in total. The number of hydrogen-bond donors (Lipinski definition) is 1.